The lowest BCUT2D eigenvalue weighted by Gasteiger charge is -2.32. The fourth-order valence-electron chi connectivity index (χ4n) is 10.1. The Morgan fingerprint density at radius 2 is 0.565 bits per heavy atom. The normalized spacial score (nSPS) is 19.6. The van der Waals surface area contributed by atoms with Crippen molar-refractivity contribution in [3.8, 4) is 11.5 Å². The van der Waals surface area contributed by atoms with Crippen molar-refractivity contribution in [3.05, 3.63) is 96.6 Å². The van der Waals surface area contributed by atoms with E-state index in [9.17, 15) is 14.4 Å². The van der Waals surface area contributed by atoms with Gasteiger partial charge in [0.15, 0.2) is 0 Å². The van der Waals surface area contributed by atoms with E-state index in [1.807, 2.05) is 12.1 Å². The Kier molecular flexibility index (Phi) is 41.8. The van der Waals surface area contributed by atoms with Gasteiger partial charge in [-0.05, 0) is 112 Å². The monoisotopic (exact) mass is 959 g/mol. The molecule has 3 aromatic rings. The van der Waals surface area contributed by atoms with E-state index < -0.39 is 0 Å². The second-order valence-corrected chi connectivity index (χ2v) is 19.8. The molecule has 7 aliphatic rings. The molecule has 6 nitrogen and oxygen atoms in total. The van der Waals surface area contributed by atoms with Gasteiger partial charge < -0.3 is 15.3 Å². The lowest BCUT2D eigenvalue weighted by molar-refractivity contribution is -0.121. The van der Waals surface area contributed by atoms with Crippen LogP contribution in [0.2, 0.25) is 0 Å². The summed E-state index contributed by atoms with van der Waals surface area (Å²) < 4.78 is 0. The van der Waals surface area contributed by atoms with Crippen molar-refractivity contribution in [1.29, 1.82) is 0 Å². The summed E-state index contributed by atoms with van der Waals surface area (Å²) >= 11 is 0. The molecule has 10 rings (SSSR count). The van der Waals surface area contributed by atoms with E-state index in [0.29, 0.717) is 28.8 Å². The number of phenols is 2. The Balaban J connectivity index is 0. The zero-order valence-corrected chi connectivity index (χ0v) is 41.3. The number of phenolic OH excluding ortho intramolecular Hbond substituents is 2. The highest BCUT2D eigenvalue weighted by Crippen LogP contribution is 2.38. The molecule has 3 aromatic carbocycles. The fraction of sp³-hybridized carbons (Fsp3) is 0.667. The number of rotatable bonds is 2. The SMILES string of the molecule is C.C.C.C1CCC(C2CCCCC2)CC1.O=C1CCCCC1.O=C1CCCCC1.O=C1CCCCC1.OC1CCCCC1.Oc1ccccc1.Oc1ccccc1.[HH].c1ccc(C2CCCCC2)cc1. The number of ketones is 3. The number of benzene rings is 3. The first kappa shape index (κ1) is 65.2. The standard InChI is InChI=1S/C12H22.C12H16.C6H12O.3C6H10O.2C6H6O.3CH4.H2/c2*1-3-7-11(8-4-1)12-9-5-2-6-10-12;6*7-6-4-2-1-3-5-6;;;;/h11-12H,1-10H2;1,3-4,7-8,12H,2,5-6,9-10H2;6-7H,1-5H2;3*1-5H2;2*1-5,7H;3*1H4;1H. The molecule has 0 radical (unpaired) electrons. The van der Waals surface area contributed by atoms with E-state index in [1.54, 1.807) is 79.8 Å². The first-order valence-corrected chi connectivity index (χ1v) is 27.1. The van der Waals surface area contributed by atoms with Crippen LogP contribution in [0.3, 0.4) is 0 Å². The average Bonchev–Trinajstić information content (AvgIpc) is 3.38. The number of carbonyl (C=O) groups is 3. The van der Waals surface area contributed by atoms with E-state index in [2.05, 4.69) is 30.3 Å². The van der Waals surface area contributed by atoms with Crippen molar-refractivity contribution in [1.82, 2.24) is 0 Å². The average molecular weight is 960 g/mol. The third-order valence-corrected chi connectivity index (χ3v) is 14.2. The highest BCUT2D eigenvalue weighted by Gasteiger charge is 2.24. The minimum atomic E-state index is 0. The number of aromatic hydroxyl groups is 2. The summed E-state index contributed by atoms with van der Waals surface area (Å²) in [5.41, 5.74) is 1.55. The first-order valence-electron chi connectivity index (χ1n) is 27.1. The molecule has 0 aliphatic heterocycles. The van der Waals surface area contributed by atoms with Crippen LogP contribution in [0.4, 0.5) is 0 Å². The van der Waals surface area contributed by atoms with Crippen LogP contribution in [0.5, 0.6) is 11.5 Å². The Morgan fingerprint density at radius 3 is 0.783 bits per heavy atom. The molecule has 69 heavy (non-hydrogen) atoms. The van der Waals surface area contributed by atoms with Gasteiger partial charge in [0.05, 0.1) is 6.10 Å². The molecular formula is C63H106O6. The Morgan fingerprint density at radius 1 is 0.319 bits per heavy atom. The zero-order valence-electron chi connectivity index (χ0n) is 41.3. The third-order valence-electron chi connectivity index (χ3n) is 14.2. The molecule has 0 aromatic heterocycles. The molecule has 394 valence electrons. The molecule has 0 atom stereocenters. The molecule has 0 heterocycles. The third kappa shape index (κ3) is 35.1. The van der Waals surface area contributed by atoms with Crippen molar-refractivity contribution in [2.24, 2.45) is 11.8 Å². The van der Waals surface area contributed by atoms with Gasteiger partial charge in [0.25, 0.3) is 0 Å². The van der Waals surface area contributed by atoms with Crippen LogP contribution in [0.1, 0.15) is 260 Å². The minimum absolute atomic E-state index is 0. The van der Waals surface area contributed by atoms with Gasteiger partial charge in [-0.2, -0.15) is 0 Å². The van der Waals surface area contributed by atoms with E-state index in [0.717, 1.165) is 108 Å². The van der Waals surface area contributed by atoms with Gasteiger partial charge in [0.1, 0.15) is 28.8 Å². The molecule has 3 N–H and O–H groups in total. The lowest BCUT2D eigenvalue weighted by Crippen LogP contribution is -2.20. The lowest BCUT2D eigenvalue weighted by atomic mass is 9.73. The summed E-state index contributed by atoms with van der Waals surface area (Å²) in [5, 5.41) is 26.2. The number of hydrogen-bond acceptors (Lipinski definition) is 6. The first-order chi connectivity index (χ1) is 32.3. The van der Waals surface area contributed by atoms with Crippen LogP contribution in [0.15, 0.2) is 91.0 Å². The molecule has 7 aliphatic carbocycles. The molecule has 0 unspecified atom stereocenters. The van der Waals surface area contributed by atoms with Crippen LogP contribution in [-0.2, 0) is 14.4 Å². The summed E-state index contributed by atoms with van der Waals surface area (Å²) in [6.45, 7) is 0. The van der Waals surface area contributed by atoms with Crippen molar-refractivity contribution >= 4 is 17.3 Å². The van der Waals surface area contributed by atoms with Crippen molar-refractivity contribution in [2.75, 3.05) is 0 Å². The van der Waals surface area contributed by atoms with Gasteiger partial charge in [-0.25, -0.2) is 0 Å². The highest BCUT2D eigenvalue weighted by molar-refractivity contribution is 5.79. The molecule has 6 heteroatoms. The van der Waals surface area contributed by atoms with Crippen LogP contribution in [0.25, 0.3) is 0 Å². The van der Waals surface area contributed by atoms with Gasteiger partial charge >= 0.3 is 0 Å². The number of Topliss-reactive ketones (excluding diaryl/α,β-unsaturated/α-hetero) is 3. The molecule has 0 bridgehead atoms. The molecule has 0 spiro atoms. The molecule has 7 saturated carbocycles. The van der Waals surface area contributed by atoms with Crippen molar-refractivity contribution < 1.29 is 31.1 Å². The van der Waals surface area contributed by atoms with E-state index >= 15 is 0 Å². The van der Waals surface area contributed by atoms with Crippen LogP contribution in [-0.4, -0.2) is 38.8 Å². The predicted molar refractivity (Wildman–Crippen MR) is 297 cm³/mol. The van der Waals surface area contributed by atoms with Crippen molar-refractivity contribution in [3.63, 3.8) is 0 Å². The van der Waals surface area contributed by atoms with Gasteiger partial charge in [-0.15, -0.1) is 0 Å². The maximum Gasteiger partial charge on any atom is 0.132 e. The topological polar surface area (TPSA) is 112 Å². The fourth-order valence-corrected chi connectivity index (χ4v) is 10.1. The minimum Gasteiger partial charge on any atom is -0.508 e. The summed E-state index contributed by atoms with van der Waals surface area (Å²) in [6.07, 6.45) is 44.2. The summed E-state index contributed by atoms with van der Waals surface area (Å²) in [6, 6.07) is 28.4. The van der Waals surface area contributed by atoms with Crippen LogP contribution in [0, 0.1) is 11.8 Å². The van der Waals surface area contributed by atoms with Gasteiger partial charge in [0.2, 0.25) is 0 Å². The van der Waals surface area contributed by atoms with E-state index in [1.165, 1.54) is 109 Å². The number of carbonyl (C=O) groups excluding carboxylic acids is 3. The van der Waals surface area contributed by atoms with Gasteiger partial charge in [-0.3, -0.25) is 14.4 Å². The Bertz CT molecular complexity index is 1460. The van der Waals surface area contributed by atoms with Gasteiger partial charge in [0, 0.05) is 40.0 Å². The molecule has 7 fully saturated rings. The molecule has 0 saturated heterocycles. The van der Waals surface area contributed by atoms with Crippen LogP contribution >= 0.6 is 0 Å². The van der Waals surface area contributed by atoms with Crippen LogP contribution < -0.4 is 0 Å². The van der Waals surface area contributed by atoms with E-state index in [4.69, 9.17) is 15.3 Å². The number of para-hydroxylation sites is 2. The van der Waals surface area contributed by atoms with Gasteiger partial charge in [-0.1, -0.05) is 211 Å². The molecular weight excluding hydrogens is 853 g/mol. The Hall–Kier alpha value is -3.77. The number of aliphatic hydroxyl groups is 1. The summed E-state index contributed by atoms with van der Waals surface area (Å²) in [7, 11) is 0. The maximum absolute atomic E-state index is 10.5. The number of aliphatic hydroxyl groups excluding tert-OH is 1. The quantitative estimate of drug-likeness (QED) is 0.236. The van der Waals surface area contributed by atoms with Crippen molar-refractivity contribution in [2.45, 2.75) is 259 Å². The second kappa shape index (κ2) is 44.2. The number of hydrogen-bond donors (Lipinski definition) is 3. The van der Waals surface area contributed by atoms with E-state index in [-0.39, 0.29) is 29.8 Å². The smallest absolute Gasteiger partial charge is 0.132 e. The largest absolute Gasteiger partial charge is 0.508 e. The second-order valence-electron chi connectivity index (χ2n) is 19.8. The Labute approximate surface area is 425 Å². The highest BCUT2D eigenvalue weighted by atomic mass is 16.3. The molecule has 0 amide bonds. The summed E-state index contributed by atoms with van der Waals surface area (Å²) in [5.74, 6) is 5.17. The summed E-state index contributed by atoms with van der Waals surface area (Å²) in [4.78, 5) is 31.4. The maximum atomic E-state index is 10.5. The predicted octanol–water partition coefficient (Wildman–Crippen LogP) is 18.7. The zero-order chi connectivity index (χ0) is 47.1.